The number of ether oxygens (including phenoxy) is 1. The summed E-state index contributed by atoms with van der Waals surface area (Å²) in [5.41, 5.74) is 3.20. The fourth-order valence-electron chi connectivity index (χ4n) is 4.07. The van der Waals surface area contributed by atoms with Crippen LogP contribution in [0.3, 0.4) is 0 Å². The SMILES string of the molecule is Cc1cnc(C(=O)N2CCC(Cc3ccc(C(=O)N4CCOCC4)cc3)CC2)cn1. The molecule has 2 fully saturated rings. The molecule has 0 spiro atoms. The number of piperidine rings is 1. The molecule has 30 heavy (non-hydrogen) atoms. The molecule has 2 aliphatic rings. The number of hydrogen-bond donors (Lipinski definition) is 0. The van der Waals surface area contributed by atoms with Crippen molar-refractivity contribution in [2.24, 2.45) is 5.92 Å². The van der Waals surface area contributed by atoms with E-state index in [2.05, 4.69) is 22.1 Å². The van der Waals surface area contributed by atoms with Crippen LogP contribution in [-0.2, 0) is 11.2 Å². The highest BCUT2D eigenvalue weighted by molar-refractivity contribution is 5.94. The quantitative estimate of drug-likeness (QED) is 0.776. The molecule has 0 atom stereocenters. The Hall–Kier alpha value is -2.80. The van der Waals surface area contributed by atoms with Gasteiger partial charge in [-0.2, -0.15) is 0 Å². The van der Waals surface area contributed by atoms with E-state index in [1.54, 1.807) is 12.4 Å². The van der Waals surface area contributed by atoms with Gasteiger partial charge in [-0.1, -0.05) is 12.1 Å². The van der Waals surface area contributed by atoms with Gasteiger partial charge in [0.15, 0.2) is 0 Å². The molecule has 1 aromatic carbocycles. The summed E-state index contributed by atoms with van der Waals surface area (Å²) in [5.74, 6) is 0.585. The van der Waals surface area contributed by atoms with Crippen molar-refractivity contribution in [2.75, 3.05) is 39.4 Å². The van der Waals surface area contributed by atoms with Gasteiger partial charge in [0.1, 0.15) is 5.69 Å². The number of aryl methyl sites for hydroxylation is 1. The largest absolute Gasteiger partial charge is 0.378 e. The van der Waals surface area contributed by atoms with Crippen LogP contribution in [0.5, 0.6) is 0 Å². The highest BCUT2D eigenvalue weighted by Gasteiger charge is 2.25. The maximum absolute atomic E-state index is 12.6. The van der Waals surface area contributed by atoms with Gasteiger partial charge in [-0.3, -0.25) is 14.6 Å². The number of hydrogen-bond acceptors (Lipinski definition) is 5. The number of aromatic nitrogens is 2. The van der Waals surface area contributed by atoms with Crippen molar-refractivity contribution in [3.8, 4) is 0 Å². The van der Waals surface area contributed by atoms with E-state index in [0.717, 1.165) is 43.6 Å². The van der Waals surface area contributed by atoms with Gasteiger partial charge in [-0.05, 0) is 49.8 Å². The standard InChI is InChI=1S/C23H28N4O3/c1-17-15-25-21(16-24-17)23(29)26-8-6-19(7-9-26)14-18-2-4-20(5-3-18)22(28)27-10-12-30-13-11-27/h2-5,15-16,19H,6-14H2,1H3. The summed E-state index contributed by atoms with van der Waals surface area (Å²) in [7, 11) is 0. The topological polar surface area (TPSA) is 75.6 Å². The second-order valence-electron chi connectivity index (χ2n) is 8.08. The third-order valence-electron chi connectivity index (χ3n) is 5.93. The van der Waals surface area contributed by atoms with Crippen molar-refractivity contribution in [2.45, 2.75) is 26.2 Å². The summed E-state index contributed by atoms with van der Waals surface area (Å²) in [4.78, 5) is 37.2. The van der Waals surface area contributed by atoms with E-state index >= 15 is 0 Å². The van der Waals surface area contributed by atoms with Crippen molar-refractivity contribution >= 4 is 11.8 Å². The van der Waals surface area contributed by atoms with Crippen LogP contribution < -0.4 is 0 Å². The van der Waals surface area contributed by atoms with Gasteiger partial charge in [-0.15, -0.1) is 0 Å². The molecule has 0 radical (unpaired) electrons. The summed E-state index contributed by atoms with van der Waals surface area (Å²) in [6, 6.07) is 7.99. The number of carbonyl (C=O) groups is 2. The maximum atomic E-state index is 12.6. The Morgan fingerprint density at radius 2 is 1.60 bits per heavy atom. The lowest BCUT2D eigenvalue weighted by Gasteiger charge is -2.32. The number of nitrogens with zero attached hydrogens (tertiary/aromatic N) is 4. The minimum Gasteiger partial charge on any atom is -0.378 e. The van der Waals surface area contributed by atoms with Crippen LogP contribution in [-0.4, -0.2) is 71.0 Å². The van der Waals surface area contributed by atoms with Crippen LogP contribution in [0.2, 0.25) is 0 Å². The molecule has 0 aliphatic carbocycles. The first-order chi connectivity index (χ1) is 14.6. The fraction of sp³-hybridized carbons (Fsp3) is 0.478. The number of carbonyl (C=O) groups excluding carboxylic acids is 2. The Labute approximate surface area is 177 Å². The predicted molar refractivity (Wildman–Crippen MR) is 112 cm³/mol. The van der Waals surface area contributed by atoms with Gasteiger partial charge in [0.05, 0.1) is 25.1 Å². The first-order valence-corrected chi connectivity index (χ1v) is 10.6. The summed E-state index contributed by atoms with van der Waals surface area (Å²) in [5, 5.41) is 0. The third kappa shape index (κ3) is 4.84. The van der Waals surface area contributed by atoms with Crippen molar-refractivity contribution in [3.63, 3.8) is 0 Å². The molecule has 2 amide bonds. The van der Waals surface area contributed by atoms with Crippen molar-refractivity contribution in [1.29, 1.82) is 0 Å². The molecule has 2 aromatic rings. The first-order valence-electron chi connectivity index (χ1n) is 10.6. The predicted octanol–water partition coefficient (Wildman–Crippen LogP) is 2.35. The lowest BCUT2D eigenvalue weighted by Crippen LogP contribution is -2.40. The fourth-order valence-corrected chi connectivity index (χ4v) is 4.07. The highest BCUT2D eigenvalue weighted by Crippen LogP contribution is 2.23. The molecule has 3 heterocycles. The molecular formula is C23H28N4O3. The van der Waals surface area contributed by atoms with Crippen LogP contribution >= 0.6 is 0 Å². The van der Waals surface area contributed by atoms with Crippen LogP contribution in [0.1, 0.15) is 44.9 Å². The number of benzene rings is 1. The van der Waals surface area contributed by atoms with E-state index in [1.807, 2.05) is 28.9 Å². The molecule has 1 aromatic heterocycles. The Balaban J connectivity index is 1.28. The van der Waals surface area contributed by atoms with E-state index in [4.69, 9.17) is 4.74 Å². The zero-order chi connectivity index (χ0) is 20.9. The number of morpholine rings is 1. The molecule has 2 saturated heterocycles. The number of rotatable bonds is 4. The lowest BCUT2D eigenvalue weighted by atomic mass is 9.89. The maximum Gasteiger partial charge on any atom is 0.274 e. The van der Waals surface area contributed by atoms with Gasteiger partial charge in [0, 0.05) is 37.9 Å². The Kier molecular flexibility index (Phi) is 6.38. The van der Waals surface area contributed by atoms with Gasteiger partial charge in [0.25, 0.3) is 11.8 Å². The van der Waals surface area contributed by atoms with Gasteiger partial charge in [0.2, 0.25) is 0 Å². The third-order valence-corrected chi connectivity index (χ3v) is 5.93. The second-order valence-corrected chi connectivity index (χ2v) is 8.08. The molecular weight excluding hydrogens is 380 g/mol. The van der Waals surface area contributed by atoms with E-state index in [9.17, 15) is 9.59 Å². The zero-order valence-electron chi connectivity index (χ0n) is 17.4. The summed E-state index contributed by atoms with van der Waals surface area (Å²) in [6.07, 6.45) is 6.11. The van der Waals surface area contributed by atoms with Crippen molar-refractivity contribution < 1.29 is 14.3 Å². The molecule has 0 bridgehead atoms. The Bertz CT molecular complexity index is 868. The van der Waals surface area contributed by atoms with E-state index in [0.29, 0.717) is 37.9 Å². The summed E-state index contributed by atoms with van der Waals surface area (Å²) in [6.45, 7) is 5.89. The van der Waals surface area contributed by atoms with Crippen LogP contribution in [0.25, 0.3) is 0 Å². The molecule has 7 nitrogen and oxygen atoms in total. The minimum atomic E-state index is -0.0353. The Morgan fingerprint density at radius 3 is 2.23 bits per heavy atom. The van der Waals surface area contributed by atoms with E-state index in [-0.39, 0.29) is 11.8 Å². The Morgan fingerprint density at radius 1 is 0.933 bits per heavy atom. The van der Waals surface area contributed by atoms with Crippen LogP contribution in [0.15, 0.2) is 36.7 Å². The minimum absolute atomic E-state index is 0.0353. The normalized spacial score (nSPS) is 17.8. The number of amides is 2. The van der Waals surface area contributed by atoms with Gasteiger partial charge < -0.3 is 14.5 Å². The highest BCUT2D eigenvalue weighted by atomic mass is 16.5. The zero-order valence-corrected chi connectivity index (χ0v) is 17.4. The lowest BCUT2D eigenvalue weighted by molar-refractivity contribution is 0.0303. The van der Waals surface area contributed by atoms with Gasteiger partial charge >= 0.3 is 0 Å². The molecule has 0 N–H and O–H groups in total. The van der Waals surface area contributed by atoms with E-state index < -0.39 is 0 Å². The molecule has 158 valence electrons. The average molecular weight is 409 g/mol. The van der Waals surface area contributed by atoms with Crippen LogP contribution in [0, 0.1) is 12.8 Å². The molecule has 0 unspecified atom stereocenters. The molecule has 2 aliphatic heterocycles. The van der Waals surface area contributed by atoms with E-state index in [1.165, 1.54) is 5.56 Å². The van der Waals surface area contributed by atoms with Crippen molar-refractivity contribution in [3.05, 3.63) is 59.2 Å². The molecule has 4 rings (SSSR count). The van der Waals surface area contributed by atoms with Gasteiger partial charge in [-0.25, -0.2) is 4.98 Å². The van der Waals surface area contributed by atoms with Crippen LogP contribution in [0.4, 0.5) is 0 Å². The second kappa shape index (κ2) is 9.34. The average Bonchev–Trinajstić information content (AvgIpc) is 2.80. The molecule has 7 heteroatoms. The summed E-state index contributed by atoms with van der Waals surface area (Å²) >= 11 is 0. The summed E-state index contributed by atoms with van der Waals surface area (Å²) < 4.78 is 5.32. The first kappa shape index (κ1) is 20.5. The molecule has 0 saturated carbocycles. The smallest absolute Gasteiger partial charge is 0.274 e. The number of likely N-dealkylation sites (tertiary alicyclic amines) is 1. The monoisotopic (exact) mass is 408 g/mol. The van der Waals surface area contributed by atoms with Crippen molar-refractivity contribution in [1.82, 2.24) is 19.8 Å².